The number of hydrogen-bond donors (Lipinski definition) is 1. The van der Waals surface area contributed by atoms with Crippen molar-refractivity contribution in [1.29, 1.82) is 0 Å². The number of likely N-dealkylation sites (N-methyl/N-ethyl adjacent to an activating group) is 1. The summed E-state index contributed by atoms with van der Waals surface area (Å²) in [6, 6.07) is 8.17. The number of nitrogens with zero attached hydrogens (tertiary/aromatic N) is 5. The largest absolute Gasteiger partial charge is 0.369 e. The predicted molar refractivity (Wildman–Crippen MR) is 129 cm³/mol. The van der Waals surface area contributed by atoms with E-state index in [1.54, 1.807) is 0 Å². The van der Waals surface area contributed by atoms with E-state index >= 15 is 0 Å². The number of carbonyl (C=O) groups excluding carboxylic acids is 1. The second kappa shape index (κ2) is 9.33. The monoisotopic (exact) mass is 452 g/mol. The van der Waals surface area contributed by atoms with Gasteiger partial charge in [0, 0.05) is 44.1 Å². The first-order chi connectivity index (χ1) is 16.1. The fourth-order valence-corrected chi connectivity index (χ4v) is 4.98. The number of anilines is 2. The first-order valence-corrected chi connectivity index (χ1v) is 12.5. The van der Waals surface area contributed by atoms with Crippen LogP contribution in [0.25, 0.3) is 0 Å². The highest BCUT2D eigenvalue weighted by Crippen LogP contribution is 2.41. The molecule has 1 aromatic carbocycles. The zero-order valence-corrected chi connectivity index (χ0v) is 19.9. The van der Waals surface area contributed by atoms with Crippen molar-refractivity contribution in [1.82, 2.24) is 19.9 Å². The summed E-state index contributed by atoms with van der Waals surface area (Å²) in [7, 11) is 0. The van der Waals surface area contributed by atoms with Gasteiger partial charge in [-0.15, -0.1) is 0 Å². The molecule has 0 atom stereocenters. The number of nitrogens with one attached hydrogen (secondary N) is 1. The molecule has 1 N–H and O–H groups in total. The average molecular weight is 453 g/mol. The van der Waals surface area contributed by atoms with E-state index in [4.69, 9.17) is 4.52 Å². The van der Waals surface area contributed by atoms with Gasteiger partial charge in [-0.25, -0.2) is 4.79 Å². The van der Waals surface area contributed by atoms with Gasteiger partial charge >= 0.3 is 6.03 Å². The Bertz CT molecular complexity index is 963. The van der Waals surface area contributed by atoms with Crippen LogP contribution < -0.4 is 10.2 Å². The van der Waals surface area contributed by atoms with Crippen LogP contribution >= 0.6 is 0 Å². The SMILES string of the molecule is CCN1CCCN(c2ccccc2NC(=O)N2CCC(C)(c3noc(C4CC4)n3)CC2)CC1. The summed E-state index contributed by atoms with van der Waals surface area (Å²) < 4.78 is 5.49. The number of aromatic nitrogens is 2. The van der Waals surface area contributed by atoms with Gasteiger partial charge in [-0.1, -0.05) is 31.1 Å². The second-order valence-electron chi connectivity index (χ2n) is 10.0. The average Bonchev–Trinajstić information content (AvgIpc) is 3.61. The minimum atomic E-state index is -0.136. The van der Waals surface area contributed by atoms with Gasteiger partial charge in [0.2, 0.25) is 5.89 Å². The van der Waals surface area contributed by atoms with Gasteiger partial charge in [-0.3, -0.25) is 0 Å². The zero-order chi connectivity index (χ0) is 22.8. The lowest BCUT2D eigenvalue weighted by atomic mass is 9.80. The molecular weight excluding hydrogens is 416 g/mol. The highest BCUT2D eigenvalue weighted by molar-refractivity contribution is 5.93. The molecule has 8 heteroatoms. The molecule has 1 aromatic heterocycles. The smallest absolute Gasteiger partial charge is 0.321 e. The van der Waals surface area contributed by atoms with Crippen LogP contribution in [0.1, 0.15) is 63.6 Å². The first kappa shape index (κ1) is 22.2. The Labute approximate surface area is 196 Å². The Kier molecular flexibility index (Phi) is 6.27. The molecule has 3 heterocycles. The van der Waals surface area contributed by atoms with Gasteiger partial charge in [0.05, 0.1) is 11.4 Å². The molecule has 2 amide bonds. The number of rotatable bonds is 5. The van der Waals surface area contributed by atoms with Crippen LogP contribution in [0, 0.1) is 0 Å². The Morgan fingerprint density at radius 3 is 2.67 bits per heavy atom. The summed E-state index contributed by atoms with van der Waals surface area (Å²) in [4.78, 5) is 24.7. The Morgan fingerprint density at radius 2 is 1.91 bits per heavy atom. The van der Waals surface area contributed by atoms with Crippen LogP contribution in [-0.4, -0.2) is 71.8 Å². The van der Waals surface area contributed by atoms with Gasteiger partial charge in [-0.2, -0.15) is 4.98 Å². The number of carbonyl (C=O) groups is 1. The van der Waals surface area contributed by atoms with Crippen molar-refractivity contribution in [3.8, 4) is 0 Å². The van der Waals surface area contributed by atoms with Crippen molar-refractivity contribution in [2.75, 3.05) is 56.0 Å². The minimum Gasteiger partial charge on any atom is -0.369 e. The Morgan fingerprint density at radius 1 is 1.12 bits per heavy atom. The molecular formula is C25H36N6O2. The van der Waals surface area contributed by atoms with E-state index in [-0.39, 0.29) is 11.4 Å². The van der Waals surface area contributed by atoms with Gasteiger partial charge in [-0.05, 0) is 57.3 Å². The van der Waals surface area contributed by atoms with Gasteiger partial charge in [0.15, 0.2) is 5.82 Å². The third kappa shape index (κ3) is 4.86. The van der Waals surface area contributed by atoms with Gasteiger partial charge in [0.25, 0.3) is 0 Å². The first-order valence-electron chi connectivity index (χ1n) is 12.5. The summed E-state index contributed by atoms with van der Waals surface area (Å²) >= 11 is 0. The quantitative estimate of drug-likeness (QED) is 0.737. The highest BCUT2D eigenvalue weighted by atomic mass is 16.5. The summed E-state index contributed by atoms with van der Waals surface area (Å²) in [5.41, 5.74) is 1.88. The fraction of sp³-hybridized carbons (Fsp3) is 0.640. The van der Waals surface area contributed by atoms with Crippen molar-refractivity contribution in [2.45, 2.75) is 57.3 Å². The lowest BCUT2D eigenvalue weighted by molar-refractivity contribution is 0.169. The molecule has 2 saturated heterocycles. The molecule has 33 heavy (non-hydrogen) atoms. The highest BCUT2D eigenvalue weighted by Gasteiger charge is 2.39. The number of amides is 2. The van der Waals surface area contributed by atoms with Crippen molar-refractivity contribution < 1.29 is 9.32 Å². The van der Waals surface area contributed by atoms with Gasteiger partial charge in [0.1, 0.15) is 0 Å². The van der Waals surface area contributed by atoms with E-state index < -0.39 is 0 Å². The minimum absolute atomic E-state index is 0.0266. The molecule has 0 bridgehead atoms. The molecule has 1 saturated carbocycles. The second-order valence-corrected chi connectivity index (χ2v) is 10.0. The van der Waals surface area contributed by atoms with Crippen LogP contribution in [0.3, 0.4) is 0 Å². The summed E-state index contributed by atoms with van der Waals surface area (Å²) in [6.45, 7) is 11.1. The Hall–Kier alpha value is -2.61. The third-order valence-corrected chi connectivity index (χ3v) is 7.58. The lowest BCUT2D eigenvalue weighted by Crippen LogP contribution is -2.46. The molecule has 0 unspecified atom stereocenters. The number of para-hydroxylation sites is 2. The molecule has 8 nitrogen and oxygen atoms in total. The van der Waals surface area contributed by atoms with Crippen LogP contribution in [0.4, 0.5) is 16.2 Å². The maximum Gasteiger partial charge on any atom is 0.321 e. The molecule has 1 aliphatic carbocycles. The normalized spacial score (nSPS) is 21.6. The molecule has 2 aliphatic heterocycles. The molecule has 5 rings (SSSR count). The van der Waals surface area contributed by atoms with E-state index in [9.17, 15) is 4.79 Å². The number of piperidine rings is 1. The number of benzene rings is 1. The predicted octanol–water partition coefficient (Wildman–Crippen LogP) is 4.06. The fourth-order valence-electron chi connectivity index (χ4n) is 4.98. The number of urea groups is 1. The van der Waals surface area contributed by atoms with Crippen LogP contribution in [0.5, 0.6) is 0 Å². The van der Waals surface area contributed by atoms with Crippen LogP contribution in [-0.2, 0) is 5.41 Å². The molecule has 3 fully saturated rings. The Balaban J connectivity index is 1.21. The molecule has 2 aromatic rings. The van der Waals surface area contributed by atoms with Crippen molar-refractivity contribution in [2.24, 2.45) is 0 Å². The van der Waals surface area contributed by atoms with Crippen molar-refractivity contribution in [3.05, 3.63) is 36.0 Å². The maximum atomic E-state index is 13.2. The lowest BCUT2D eigenvalue weighted by Gasteiger charge is -2.37. The van der Waals surface area contributed by atoms with Gasteiger partial charge < -0.3 is 24.5 Å². The van der Waals surface area contributed by atoms with Crippen LogP contribution in [0.15, 0.2) is 28.8 Å². The van der Waals surface area contributed by atoms with Crippen LogP contribution in [0.2, 0.25) is 0 Å². The summed E-state index contributed by atoms with van der Waals surface area (Å²) in [6.07, 6.45) is 5.12. The maximum absolute atomic E-state index is 13.2. The molecule has 178 valence electrons. The topological polar surface area (TPSA) is 77.7 Å². The zero-order valence-electron chi connectivity index (χ0n) is 19.9. The molecule has 0 spiro atoms. The van der Waals surface area contributed by atoms with Crippen molar-refractivity contribution in [3.63, 3.8) is 0 Å². The third-order valence-electron chi connectivity index (χ3n) is 7.58. The molecule has 3 aliphatic rings. The standard InChI is InChI=1S/C25H36N6O2/c1-3-29-13-6-14-30(18-17-29)21-8-5-4-7-20(21)26-24(32)31-15-11-25(2,12-16-31)23-27-22(33-28-23)19-9-10-19/h4-5,7-8,19H,3,6,9-18H2,1-2H3,(H,26,32). The number of likely N-dealkylation sites (tertiary alicyclic amines) is 1. The van der Waals surface area contributed by atoms with E-state index in [1.807, 2.05) is 17.0 Å². The summed E-state index contributed by atoms with van der Waals surface area (Å²) in [5, 5.41) is 7.48. The van der Waals surface area contributed by atoms with E-state index in [0.717, 1.165) is 87.9 Å². The van der Waals surface area contributed by atoms with E-state index in [1.165, 1.54) is 0 Å². The van der Waals surface area contributed by atoms with E-state index in [2.05, 4.69) is 51.2 Å². The molecule has 0 radical (unpaired) electrons. The summed E-state index contributed by atoms with van der Waals surface area (Å²) in [5.74, 6) is 2.06. The van der Waals surface area contributed by atoms with Crippen molar-refractivity contribution >= 4 is 17.4 Å². The van der Waals surface area contributed by atoms with E-state index in [0.29, 0.717) is 19.0 Å². The number of hydrogen-bond acceptors (Lipinski definition) is 6.